The van der Waals surface area contributed by atoms with E-state index in [2.05, 4.69) is 196 Å². The molecule has 13 rings (SSSR count). The first-order chi connectivity index (χ1) is 31.3. The highest BCUT2D eigenvalue weighted by atomic mass is 15.1. The first kappa shape index (κ1) is 35.2. The number of benzene rings is 9. The van der Waals surface area contributed by atoms with Gasteiger partial charge in [-0.05, 0) is 54.6 Å². The van der Waals surface area contributed by atoms with Crippen LogP contribution in [0.3, 0.4) is 0 Å². The second kappa shape index (κ2) is 14.0. The van der Waals surface area contributed by atoms with Crippen LogP contribution in [0, 0.1) is 0 Å². The number of aromatic nitrogens is 6. The third-order valence-corrected chi connectivity index (χ3v) is 12.5. The van der Waals surface area contributed by atoms with Crippen LogP contribution in [0.2, 0.25) is 0 Å². The van der Waals surface area contributed by atoms with Crippen LogP contribution in [-0.2, 0) is 0 Å². The van der Waals surface area contributed by atoms with Crippen LogP contribution in [0.1, 0.15) is 0 Å². The van der Waals surface area contributed by atoms with Crippen molar-refractivity contribution < 1.29 is 0 Å². The Hall–Kier alpha value is -8.61. The minimum absolute atomic E-state index is 0.598. The zero-order chi connectivity index (χ0) is 41.4. The van der Waals surface area contributed by atoms with E-state index in [1.165, 1.54) is 21.5 Å². The van der Waals surface area contributed by atoms with Crippen molar-refractivity contribution in [3.05, 3.63) is 218 Å². The molecule has 0 N–H and O–H groups in total. The van der Waals surface area contributed by atoms with Gasteiger partial charge in [0.25, 0.3) is 0 Å². The van der Waals surface area contributed by atoms with E-state index in [4.69, 9.17) is 15.0 Å². The lowest BCUT2D eigenvalue weighted by atomic mass is 10.1. The Morgan fingerprint density at radius 2 is 0.635 bits per heavy atom. The molecule has 0 fully saturated rings. The fourth-order valence-corrected chi connectivity index (χ4v) is 9.85. The van der Waals surface area contributed by atoms with Gasteiger partial charge in [-0.1, -0.05) is 164 Å². The largest absolute Gasteiger partial charge is 0.309 e. The highest BCUT2D eigenvalue weighted by Crippen LogP contribution is 2.44. The molecule has 6 nitrogen and oxygen atoms in total. The maximum Gasteiger partial charge on any atom is 0.166 e. The second-order valence-corrected chi connectivity index (χ2v) is 16.0. The lowest BCUT2D eigenvalue weighted by Crippen LogP contribution is -2.05. The van der Waals surface area contributed by atoms with Gasteiger partial charge >= 0.3 is 0 Å². The van der Waals surface area contributed by atoms with Crippen molar-refractivity contribution in [2.24, 2.45) is 0 Å². The summed E-state index contributed by atoms with van der Waals surface area (Å²) in [4.78, 5) is 15.6. The maximum absolute atomic E-state index is 5.27. The number of para-hydroxylation sites is 6. The fraction of sp³-hybridized carbons (Fsp3) is 0. The topological polar surface area (TPSA) is 53.5 Å². The molecule has 0 atom stereocenters. The molecule has 294 valence electrons. The number of hydrogen-bond donors (Lipinski definition) is 0. The molecule has 0 unspecified atom stereocenters. The Bertz CT molecular complexity index is 3750. The number of rotatable bonds is 6. The molecule has 0 spiro atoms. The van der Waals surface area contributed by atoms with Crippen LogP contribution in [-0.4, -0.2) is 28.7 Å². The Morgan fingerprint density at radius 1 is 0.254 bits per heavy atom. The van der Waals surface area contributed by atoms with E-state index < -0.39 is 0 Å². The average Bonchev–Trinajstić information content (AvgIpc) is 4.00. The third-order valence-electron chi connectivity index (χ3n) is 12.5. The lowest BCUT2D eigenvalue weighted by Gasteiger charge is -2.17. The highest BCUT2D eigenvalue weighted by Gasteiger charge is 2.25. The Balaban J connectivity index is 1.18. The molecule has 0 aliphatic rings. The first-order valence-corrected chi connectivity index (χ1v) is 21.3. The van der Waals surface area contributed by atoms with Gasteiger partial charge in [-0.15, -0.1) is 0 Å². The Labute approximate surface area is 362 Å². The van der Waals surface area contributed by atoms with E-state index >= 15 is 0 Å². The van der Waals surface area contributed by atoms with Gasteiger partial charge in [-0.3, -0.25) is 0 Å². The van der Waals surface area contributed by atoms with Crippen LogP contribution in [0.15, 0.2) is 218 Å². The van der Waals surface area contributed by atoms with Crippen LogP contribution in [0.25, 0.3) is 117 Å². The average molecular weight is 805 g/mol. The van der Waals surface area contributed by atoms with Gasteiger partial charge in [-0.2, -0.15) is 0 Å². The SMILES string of the molecule is c1ccc(-c2nc(-c3ccccc3)nc(-c3ccccc3-n3c4cccc(-n5c6ccccc6c6ccccc65)c4c4cccc(-n5c6ccccc6c6ccccc65)c43)n2)cc1. The summed E-state index contributed by atoms with van der Waals surface area (Å²) in [5.41, 5.74) is 12.7. The van der Waals surface area contributed by atoms with Crippen molar-refractivity contribution in [2.75, 3.05) is 0 Å². The molecule has 4 heterocycles. The highest BCUT2D eigenvalue weighted by molar-refractivity contribution is 6.19. The minimum atomic E-state index is 0.598. The fourth-order valence-electron chi connectivity index (χ4n) is 9.85. The predicted octanol–water partition coefficient (Wildman–Crippen LogP) is 14.2. The van der Waals surface area contributed by atoms with Crippen LogP contribution >= 0.6 is 0 Å². The molecule has 0 amide bonds. The van der Waals surface area contributed by atoms with Gasteiger partial charge in [-0.25, -0.2) is 15.0 Å². The summed E-state index contributed by atoms with van der Waals surface area (Å²) < 4.78 is 7.33. The molecule has 9 aromatic carbocycles. The molecule has 6 heteroatoms. The van der Waals surface area contributed by atoms with Gasteiger partial charge in [0, 0.05) is 49.0 Å². The molecular weight excluding hydrogens is 769 g/mol. The zero-order valence-electron chi connectivity index (χ0n) is 34.0. The molecule has 0 aliphatic carbocycles. The van der Waals surface area contributed by atoms with E-state index in [0.29, 0.717) is 17.5 Å². The van der Waals surface area contributed by atoms with Crippen molar-refractivity contribution in [3.8, 4) is 51.2 Å². The van der Waals surface area contributed by atoms with Gasteiger partial charge in [0.15, 0.2) is 17.5 Å². The van der Waals surface area contributed by atoms with Gasteiger partial charge < -0.3 is 13.7 Å². The van der Waals surface area contributed by atoms with Crippen LogP contribution in [0.4, 0.5) is 0 Å². The molecule has 0 saturated carbocycles. The molecule has 0 aliphatic heterocycles. The van der Waals surface area contributed by atoms with E-state index in [1.807, 2.05) is 36.4 Å². The first-order valence-electron chi connectivity index (χ1n) is 21.3. The summed E-state index contributed by atoms with van der Waals surface area (Å²) in [5.74, 6) is 1.84. The minimum Gasteiger partial charge on any atom is -0.309 e. The number of fused-ring (bicyclic) bond motifs is 9. The van der Waals surface area contributed by atoms with E-state index in [1.54, 1.807) is 0 Å². The molecule has 0 bridgehead atoms. The lowest BCUT2D eigenvalue weighted by molar-refractivity contribution is 1.06. The van der Waals surface area contributed by atoms with E-state index in [-0.39, 0.29) is 0 Å². The quantitative estimate of drug-likeness (QED) is 0.168. The Kier molecular flexibility index (Phi) is 7.80. The normalized spacial score (nSPS) is 11.8. The van der Waals surface area contributed by atoms with Crippen LogP contribution in [0.5, 0.6) is 0 Å². The van der Waals surface area contributed by atoms with Crippen molar-refractivity contribution in [1.29, 1.82) is 0 Å². The van der Waals surface area contributed by atoms with Gasteiger partial charge in [0.2, 0.25) is 0 Å². The summed E-state index contributed by atoms with van der Waals surface area (Å²) in [7, 11) is 0. The Morgan fingerprint density at radius 3 is 1.19 bits per heavy atom. The van der Waals surface area contributed by atoms with E-state index in [9.17, 15) is 0 Å². The van der Waals surface area contributed by atoms with Gasteiger partial charge in [0.05, 0.1) is 50.2 Å². The van der Waals surface area contributed by atoms with E-state index in [0.717, 1.165) is 77.6 Å². The number of hydrogen-bond acceptors (Lipinski definition) is 3. The van der Waals surface area contributed by atoms with Gasteiger partial charge in [0.1, 0.15) is 0 Å². The summed E-state index contributed by atoms with van der Waals surface area (Å²) >= 11 is 0. The molecule has 0 radical (unpaired) electrons. The summed E-state index contributed by atoms with van der Waals surface area (Å²) in [6, 6.07) is 77.4. The predicted molar refractivity (Wildman–Crippen MR) is 259 cm³/mol. The van der Waals surface area contributed by atoms with Crippen molar-refractivity contribution in [3.63, 3.8) is 0 Å². The second-order valence-electron chi connectivity index (χ2n) is 16.0. The molecule has 63 heavy (non-hydrogen) atoms. The summed E-state index contributed by atoms with van der Waals surface area (Å²) in [5, 5.41) is 7.17. The third kappa shape index (κ3) is 5.35. The monoisotopic (exact) mass is 804 g/mol. The summed E-state index contributed by atoms with van der Waals surface area (Å²) in [6.45, 7) is 0. The van der Waals surface area contributed by atoms with Crippen molar-refractivity contribution >= 4 is 65.4 Å². The molecule has 13 aromatic rings. The standard InChI is InChI=1S/C57H36N6/c1-3-19-37(20-4-1)55-58-56(38-21-5-2-6-22-38)60-57(59-55)43-27-11-16-33-49(43)63-51-35-18-34-50(61-45-29-12-7-23-39(45)40-24-8-13-30-46(40)61)53(51)44-28-17-36-52(54(44)63)62-47-31-14-9-25-41(47)42-26-10-15-32-48(42)62/h1-36H. The molecular formula is C57H36N6. The van der Waals surface area contributed by atoms with Crippen molar-refractivity contribution in [1.82, 2.24) is 28.7 Å². The van der Waals surface area contributed by atoms with Crippen LogP contribution < -0.4 is 0 Å². The number of nitrogens with zero attached hydrogens (tertiary/aromatic N) is 6. The summed E-state index contributed by atoms with van der Waals surface area (Å²) in [6.07, 6.45) is 0. The maximum atomic E-state index is 5.27. The zero-order valence-corrected chi connectivity index (χ0v) is 34.0. The molecule has 0 saturated heterocycles. The molecule has 4 aromatic heterocycles. The smallest absolute Gasteiger partial charge is 0.166 e. The van der Waals surface area contributed by atoms with Crippen molar-refractivity contribution in [2.45, 2.75) is 0 Å².